The van der Waals surface area contributed by atoms with E-state index in [2.05, 4.69) is 37.9 Å². The fourth-order valence-electron chi connectivity index (χ4n) is 2.82. The van der Waals surface area contributed by atoms with Crippen molar-refractivity contribution in [3.05, 3.63) is 29.3 Å². The monoisotopic (exact) mass is 342 g/mol. The molecule has 2 aliphatic rings. The average Bonchev–Trinajstić information content (AvgIpc) is 3.20. The normalized spacial score (nSPS) is 22.5. The Labute approximate surface area is 128 Å². The summed E-state index contributed by atoms with van der Waals surface area (Å²) in [6, 6.07) is 8.20. The van der Waals surface area contributed by atoms with Crippen LogP contribution in [-0.2, 0) is 0 Å². The minimum Gasteiger partial charge on any atom is -0.369 e. The molecule has 1 aromatic carbocycles. The molecule has 3 rings (SSSR count). The molecule has 4 heteroatoms. The van der Waals surface area contributed by atoms with Gasteiger partial charge < -0.3 is 4.90 Å². The van der Waals surface area contributed by atoms with Gasteiger partial charge in [0.1, 0.15) is 0 Å². The molecular formula is C15H20BrClN2. The van der Waals surface area contributed by atoms with Crippen LogP contribution in [0.1, 0.15) is 12.8 Å². The van der Waals surface area contributed by atoms with E-state index in [0.29, 0.717) is 5.41 Å². The highest BCUT2D eigenvalue weighted by molar-refractivity contribution is 9.09. The van der Waals surface area contributed by atoms with Crippen molar-refractivity contribution in [1.82, 2.24) is 4.90 Å². The highest BCUT2D eigenvalue weighted by Gasteiger charge is 2.42. The van der Waals surface area contributed by atoms with Crippen LogP contribution in [0.25, 0.3) is 0 Å². The standard InChI is InChI=1S/C15H20BrClN2/c16-11-15(4-5-15)12-18-6-8-19(9-7-18)14-3-1-2-13(17)10-14/h1-3,10H,4-9,11-12H2. The number of alkyl halides is 1. The SMILES string of the molecule is Clc1cccc(N2CCN(CC3(CBr)CC3)CC2)c1. The first-order valence-electron chi connectivity index (χ1n) is 7.00. The molecule has 1 aliphatic carbocycles. The van der Waals surface area contributed by atoms with Gasteiger partial charge in [0, 0.05) is 48.8 Å². The minimum absolute atomic E-state index is 0.595. The topological polar surface area (TPSA) is 6.48 Å². The lowest BCUT2D eigenvalue weighted by molar-refractivity contribution is 0.218. The Bertz CT molecular complexity index is 440. The number of benzene rings is 1. The Kier molecular flexibility index (Phi) is 4.06. The molecule has 0 spiro atoms. The van der Waals surface area contributed by atoms with E-state index >= 15 is 0 Å². The first-order chi connectivity index (χ1) is 9.21. The molecule has 1 aliphatic heterocycles. The van der Waals surface area contributed by atoms with Crippen molar-refractivity contribution in [2.24, 2.45) is 5.41 Å². The van der Waals surface area contributed by atoms with Gasteiger partial charge in [-0.1, -0.05) is 33.6 Å². The second-order valence-electron chi connectivity index (χ2n) is 5.88. The zero-order valence-electron chi connectivity index (χ0n) is 11.1. The quantitative estimate of drug-likeness (QED) is 0.770. The third kappa shape index (κ3) is 3.26. The second-order valence-corrected chi connectivity index (χ2v) is 6.87. The number of piperazine rings is 1. The molecule has 1 saturated carbocycles. The maximum atomic E-state index is 6.06. The molecule has 0 aromatic heterocycles. The summed E-state index contributed by atoms with van der Waals surface area (Å²) in [5, 5.41) is 1.99. The van der Waals surface area contributed by atoms with E-state index in [0.717, 1.165) is 23.4 Å². The summed E-state index contributed by atoms with van der Waals surface area (Å²) in [4.78, 5) is 5.06. The summed E-state index contributed by atoms with van der Waals surface area (Å²) < 4.78 is 0. The molecule has 2 nitrogen and oxygen atoms in total. The number of halogens is 2. The third-order valence-corrected chi connectivity index (χ3v) is 5.77. The van der Waals surface area contributed by atoms with Crippen molar-refractivity contribution in [2.45, 2.75) is 12.8 Å². The zero-order valence-corrected chi connectivity index (χ0v) is 13.5. The first kappa shape index (κ1) is 13.7. The summed E-state index contributed by atoms with van der Waals surface area (Å²) in [5.74, 6) is 0. The van der Waals surface area contributed by atoms with E-state index in [1.807, 2.05) is 12.1 Å². The predicted octanol–water partition coefficient (Wildman–Crippen LogP) is 3.64. The average molecular weight is 344 g/mol. The lowest BCUT2D eigenvalue weighted by Gasteiger charge is -2.37. The number of rotatable bonds is 4. The molecule has 0 N–H and O–H groups in total. The maximum absolute atomic E-state index is 6.06. The van der Waals surface area contributed by atoms with Crippen molar-refractivity contribution in [3.8, 4) is 0 Å². The first-order valence-corrected chi connectivity index (χ1v) is 8.50. The van der Waals surface area contributed by atoms with Gasteiger partial charge in [0.15, 0.2) is 0 Å². The van der Waals surface area contributed by atoms with Crippen molar-refractivity contribution in [3.63, 3.8) is 0 Å². The van der Waals surface area contributed by atoms with Crippen LogP contribution in [0.4, 0.5) is 5.69 Å². The number of nitrogens with zero attached hydrogens (tertiary/aromatic N) is 2. The number of anilines is 1. The lowest BCUT2D eigenvalue weighted by Crippen LogP contribution is -2.48. The van der Waals surface area contributed by atoms with Crippen molar-refractivity contribution in [2.75, 3.05) is 43.0 Å². The molecule has 0 bridgehead atoms. The molecular weight excluding hydrogens is 324 g/mol. The van der Waals surface area contributed by atoms with E-state index in [4.69, 9.17) is 11.6 Å². The fraction of sp³-hybridized carbons (Fsp3) is 0.600. The molecule has 0 amide bonds. The van der Waals surface area contributed by atoms with Gasteiger partial charge in [-0.25, -0.2) is 0 Å². The van der Waals surface area contributed by atoms with Gasteiger partial charge in [-0.3, -0.25) is 4.90 Å². The van der Waals surface area contributed by atoms with Crippen LogP contribution in [0, 0.1) is 5.41 Å². The highest BCUT2D eigenvalue weighted by Crippen LogP contribution is 2.47. The van der Waals surface area contributed by atoms with Crippen LogP contribution < -0.4 is 4.90 Å². The molecule has 0 radical (unpaired) electrons. The smallest absolute Gasteiger partial charge is 0.0426 e. The maximum Gasteiger partial charge on any atom is 0.0426 e. The molecule has 0 atom stereocenters. The molecule has 104 valence electrons. The van der Waals surface area contributed by atoms with Gasteiger partial charge in [-0.05, 0) is 36.5 Å². The van der Waals surface area contributed by atoms with Crippen molar-refractivity contribution >= 4 is 33.2 Å². The largest absolute Gasteiger partial charge is 0.369 e. The van der Waals surface area contributed by atoms with Crippen LogP contribution in [0.3, 0.4) is 0 Å². The van der Waals surface area contributed by atoms with E-state index in [1.54, 1.807) is 0 Å². The van der Waals surface area contributed by atoms with Crippen LogP contribution in [0.2, 0.25) is 5.02 Å². The number of hydrogen-bond donors (Lipinski definition) is 0. The third-order valence-electron chi connectivity index (χ3n) is 4.35. The molecule has 2 fully saturated rings. The van der Waals surface area contributed by atoms with Crippen LogP contribution in [0.5, 0.6) is 0 Å². The predicted molar refractivity (Wildman–Crippen MR) is 85.6 cm³/mol. The molecule has 1 saturated heterocycles. The Morgan fingerprint density at radius 1 is 1.16 bits per heavy atom. The van der Waals surface area contributed by atoms with Gasteiger partial charge in [0.05, 0.1) is 0 Å². The highest BCUT2D eigenvalue weighted by atomic mass is 79.9. The van der Waals surface area contributed by atoms with Gasteiger partial charge in [0.25, 0.3) is 0 Å². The lowest BCUT2D eigenvalue weighted by atomic mass is 10.1. The van der Waals surface area contributed by atoms with E-state index in [1.165, 1.54) is 38.2 Å². The molecule has 19 heavy (non-hydrogen) atoms. The molecule has 1 heterocycles. The van der Waals surface area contributed by atoms with E-state index in [-0.39, 0.29) is 0 Å². The molecule has 0 unspecified atom stereocenters. The van der Waals surface area contributed by atoms with Crippen molar-refractivity contribution in [1.29, 1.82) is 0 Å². The Balaban J connectivity index is 1.55. The van der Waals surface area contributed by atoms with Gasteiger partial charge in [-0.15, -0.1) is 0 Å². The number of hydrogen-bond acceptors (Lipinski definition) is 2. The van der Waals surface area contributed by atoms with Gasteiger partial charge >= 0.3 is 0 Å². The van der Waals surface area contributed by atoms with Crippen LogP contribution in [-0.4, -0.2) is 43.0 Å². The van der Waals surface area contributed by atoms with E-state index in [9.17, 15) is 0 Å². The Morgan fingerprint density at radius 2 is 1.89 bits per heavy atom. The van der Waals surface area contributed by atoms with Crippen molar-refractivity contribution < 1.29 is 0 Å². The van der Waals surface area contributed by atoms with E-state index < -0.39 is 0 Å². The zero-order chi connectivity index (χ0) is 13.3. The fourth-order valence-corrected chi connectivity index (χ4v) is 3.74. The Hall–Kier alpha value is -0.250. The van der Waals surface area contributed by atoms with Crippen LogP contribution in [0.15, 0.2) is 24.3 Å². The summed E-state index contributed by atoms with van der Waals surface area (Å²) in [6.07, 6.45) is 2.79. The molecule has 1 aromatic rings. The Morgan fingerprint density at radius 3 is 2.47 bits per heavy atom. The minimum atomic E-state index is 0.595. The summed E-state index contributed by atoms with van der Waals surface area (Å²) in [5.41, 5.74) is 1.85. The summed E-state index contributed by atoms with van der Waals surface area (Å²) in [6.45, 7) is 5.82. The summed E-state index contributed by atoms with van der Waals surface area (Å²) in [7, 11) is 0. The van der Waals surface area contributed by atoms with Crippen LogP contribution >= 0.6 is 27.5 Å². The van der Waals surface area contributed by atoms with Gasteiger partial charge in [0.2, 0.25) is 0 Å². The second kappa shape index (κ2) is 5.63. The summed E-state index contributed by atoms with van der Waals surface area (Å²) >= 11 is 9.73. The van der Waals surface area contributed by atoms with Gasteiger partial charge in [-0.2, -0.15) is 0 Å².